The number of hydrogen-bond acceptors (Lipinski definition) is 2. The van der Waals surface area contributed by atoms with Crippen LogP contribution >= 0.6 is 0 Å². The van der Waals surface area contributed by atoms with Crippen LogP contribution in [-0.2, 0) is 6.42 Å². The predicted molar refractivity (Wildman–Crippen MR) is 55.7 cm³/mol. The van der Waals surface area contributed by atoms with Crippen molar-refractivity contribution in [2.24, 2.45) is 5.41 Å². The standard InChI is InChI=1S/C12H14FNO/c1-12(2,8-15)6-9-3-4-11(13)10(5-9)7-14/h3-5,15H,6,8H2,1-2H3. The van der Waals surface area contributed by atoms with Gasteiger partial charge in [0.05, 0.1) is 5.56 Å². The summed E-state index contributed by atoms with van der Waals surface area (Å²) in [6.07, 6.45) is 0.623. The van der Waals surface area contributed by atoms with Crippen LogP contribution in [0.4, 0.5) is 4.39 Å². The Morgan fingerprint density at radius 1 is 1.47 bits per heavy atom. The molecule has 0 aromatic heterocycles. The van der Waals surface area contributed by atoms with E-state index in [1.54, 1.807) is 12.1 Å². The molecular formula is C12H14FNO. The van der Waals surface area contributed by atoms with E-state index in [-0.39, 0.29) is 17.6 Å². The summed E-state index contributed by atoms with van der Waals surface area (Å²) in [6.45, 7) is 3.90. The Bertz CT molecular complexity index is 393. The van der Waals surface area contributed by atoms with Gasteiger partial charge >= 0.3 is 0 Å². The molecule has 0 saturated carbocycles. The number of aliphatic hydroxyl groups is 1. The van der Waals surface area contributed by atoms with Crippen LogP contribution in [0.2, 0.25) is 0 Å². The van der Waals surface area contributed by atoms with Gasteiger partial charge in [0.1, 0.15) is 11.9 Å². The fraction of sp³-hybridized carbons (Fsp3) is 0.417. The normalized spacial score (nSPS) is 11.1. The third-order valence-corrected chi connectivity index (χ3v) is 2.26. The summed E-state index contributed by atoms with van der Waals surface area (Å²) in [7, 11) is 0. The Labute approximate surface area is 89.0 Å². The summed E-state index contributed by atoms with van der Waals surface area (Å²) < 4.78 is 13.0. The van der Waals surface area contributed by atoms with Gasteiger partial charge in [-0.1, -0.05) is 19.9 Å². The molecule has 0 aliphatic heterocycles. The number of halogens is 1. The molecule has 0 amide bonds. The second kappa shape index (κ2) is 4.41. The average molecular weight is 207 g/mol. The summed E-state index contributed by atoms with van der Waals surface area (Å²) >= 11 is 0. The Hall–Kier alpha value is -1.40. The molecule has 1 rings (SSSR count). The molecule has 0 unspecified atom stereocenters. The van der Waals surface area contributed by atoms with Crippen LogP contribution in [-0.4, -0.2) is 11.7 Å². The molecule has 0 bridgehead atoms. The van der Waals surface area contributed by atoms with Crippen molar-refractivity contribution in [3.8, 4) is 6.07 Å². The predicted octanol–water partition coefficient (Wildman–Crippen LogP) is 2.26. The molecule has 0 heterocycles. The lowest BCUT2D eigenvalue weighted by Crippen LogP contribution is -2.19. The van der Waals surface area contributed by atoms with Crippen LogP contribution < -0.4 is 0 Å². The number of rotatable bonds is 3. The molecule has 0 aliphatic carbocycles. The average Bonchev–Trinajstić information content (AvgIpc) is 2.20. The highest BCUT2D eigenvalue weighted by atomic mass is 19.1. The van der Waals surface area contributed by atoms with Crippen molar-refractivity contribution in [3.63, 3.8) is 0 Å². The zero-order chi connectivity index (χ0) is 11.5. The van der Waals surface area contributed by atoms with E-state index in [2.05, 4.69) is 0 Å². The SMILES string of the molecule is CC(C)(CO)Cc1ccc(F)c(C#N)c1. The lowest BCUT2D eigenvalue weighted by Gasteiger charge is -2.21. The summed E-state index contributed by atoms with van der Waals surface area (Å²) in [4.78, 5) is 0. The Morgan fingerprint density at radius 3 is 2.67 bits per heavy atom. The molecule has 0 atom stereocenters. The lowest BCUT2D eigenvalue weighted by molar-refractivity contribution is 0.159. The maximum absolute atomic E-state index is 13.0. The van der Waals surface area contributed by atoms with E-state index in [0.29, 0.717) is 6.42 Å². The van der Waals surface area contributed by atoms with Gasteiger partial charge in [-0.2, -0.15) is 5.26 Å². The van der Waals surface area contributed by atoms with Gasteiger partial charge in [0.25, 0.3) is 0 Å². The summed E-state index contributed by atoms with van der Waals surface area (Å²) in [6, 6.07) is 6.28. The van der Waals surface area contributed by atoms with E-state index >= 15 is 0 Å². The number of aliphatic hydroxyl groups excluding tert-OH is 1. The van der Waals surface area contributed by atoms with Gasteiger partial charge in [-0.05, 0) is 29.5 Å². The minimum atomic E-state index is -0.497. The third-order valence-electron chi connectivity index (χ3n) is 2.26. The van der Waals surface area contributed by atoms with Crippen molar-refractivity contribution in [3.05, 3.63) is 35.1 Å². The van der Waals surface area contributed by atoms with E-state index in [0.717, 1.165) is 5.56 Å². The number of hydrogen-bond donors (Lipinski definition) is 1. The fourth-order valence-corrected chi connectivity index (χ4v) is 1.38. The van der Waals surface area contributed by atoms with Crippen LogP contribution in [0, 0.1) is 22.6 Å². The second-order valence-electron chi connectivity index (χ2n) is 4.43. The Balaban J connectivity index is 2.94. The molecular weight excluding hydrogens is 193 g/mol. The first-order chi connectivity index (χ1) is 6.98. The highest BCUT2D eigenvalue weighted by molar-refractivity contribution is 5.34. The van der Waals surface area contributed by atoms with Gasteiger partial charge in [0.15, 0.2) is 0 Å². The molecule has 0 aliphatic rings. The van der Waals surface area contributed by atoms with Gasteiger partial charge < -0.3 is 5.11 Å². The maximum atomic E-state index is 13.0. The highest BCUT2D eigenvalue weighted by Gasteiger charge is 2.17. The zero-order valence-electron chi connectivity index (χ0n) is 8.92. The van der Waals surface area contributed by atoms with Crippen molar-refractivity contribution in [2.75, 3.05) is 6.61 Å². The highest BCUT2D eigenvalue weighted by Crippen LogP contribution is 2.22. The van der Waals surface area contributed by atoms with Gasteiger partial charge in [-0.15, -0.1) is 0 Å². The van der Waals surface area contributed by atoms with Crippen LogP contribution in [0.3, 0.4) is 0 Å². The molecule has 2 nitrogen and oxygen atoms in total. The molecule has 0 saturated heterocycles. The Kier molecular flexibility index (Phi) is 3.43. The largest absolute Gasteiger partial charge is 0.396 e. The van der Waals surface area contributed by atoms with Crippen LogP contribution in [0.1, 0.15) is 25.0 Å². The fourth-order valence-electron chi connectivity index (χ4n) is 1.38. The van der Waals surface area contributed by atoms with Gasteiger partial charge in [-0.25, -0.2) is 4.39 Å². The first kappa shape index (κ1) is 11.7. The van der Waals surface area contributed by atoms with Crippen molar-refractivity contribution in [2.45, 2.75) is 20.3 Å². The number of nitriles is 1. The monoisotopic (exact) mass is 207 g/mol. The second-order valence-corrected chi connectivity index (χ2v) is 4.43. The summed E-state index contributed by atoms with van der Waals surface area (Å²) in [5.41, 5.74) is 0.679. The van der Waals surface area contributed by atoms with Crippen molar-refractivity contribution >= 4 is 0 Å². The zero-order valence-corrected chi connectivity index (χ0v) is 8.92. The molecule has 0 radical (unpaired) electrons. The molecule has 0 spiro atoms. The third kappa shape index (κ3) is 3.03. The first-order valence-electron chi connectivity index (χ1n) is 4.78. The van der Waals surface area contributed by atoms with Crippen LogP contribution in [0.5, 0.6) is 0 Å². The van der Waals surface area contributed by atoms with Gasteiger partial charge in [0.2, 0.25) is 0 Å². The minimum Gasteiger partial charge on any atom is -0.396 e. The van der Waals surface area contributed by atoms with Gasteiger partial charge in [0, 0.05) is 6.61 Å². The first-order valence-corrected chi connectivity index (χ1v) is 4.78. The minimum absolute atomic E-state index is 0.0567. The molecule has 0 fully saturated rings. The smallest absolute Gasteiger partial charge is 0.140 e. The molecule has 80 valence electrons. The van der Waals surface area contributed by atoms with E-state index in [4.69, 9.17) is 10.4 Å². The van der Waals surface area contributed by atoms with Crippen LogP contribution in [0.15, 0.2) is 18.2 Å². The van der Waals surface area contributed by atoms with Crippen molar-refractivity contribution in [1.29, 1.82) is 5.26 Å². The van der Waals surface area contributed by atoms with E-state index in [9.17, 15) is 4.39 Å². The van der Waals surface area contributed by atoms with Gasteiger partial charge in [-0.3, -0.25) is 0 Å². The topological polar surface area (TPSA) is 44.0 Å². The molecule has 1 N–H and O–H groups in total. The quantitative estimate of drug-likeness (QED) is 0.826. The van der Waals surface area contributed by atoms with E-state index < -0.39 is 5.82 Å². The summed E-state index contributed by atoms with van der Waals surface area (Å²) in [5.74, 6) is -0.497. The summed E-state index contributed by atoms with van der Waals surface area (Å²) in [5, 5.41) is 17.8. The van der Waals surface area contributed by atoms with E-state index in [1.165, 1.54) is 12.1 Å². The van der Waals surface area contributed by atoms with E-state index in [1.807, 2.05) is 13.8 Å². The maximum Gasteiger partial charge on any atom is 0.140 e. The van der Waals surface area contributed by atoms with Crippen LogP contribution in [0.25, 0.3) is 0 Å². The lowest BCUT2D eigenvalue weighted by atomic mass is 9.86. The molecule has 3 heteroatoms. The molecule has 15 heavy (non-hydrogen) atoms. The van der Waals surface area contributed by atoms with Crippen molar-refractivity contribution < 1.29 is 9.50 Å². The number of nitrogens with zero attached hydrogens (tertiary/aromatic N) is 1. The molecule has 1 aromatic carbocycles. The number of benzene rings is 1. The Morgan fingerprint density at radius 2 is 2.13 bits per heavy atom. The molecule has 1 aromatic rings. The van der Waals surface area contributed by atoms with Crippen molar-refractivity contribution in [1.82, 2.24) is 0 Å².